The minimum Gasteiger partial charge on any atom is -0.387 e. The molecule has 0 saturated carbocycles. The summed E-state index contributed by atoms with van der Waals surface area (Å²) in [4.78, 5) is 2.28. The first-order valence-electron chi connectivity index (χ1n) is 5.91. The average molecular weight is 220 g/mol. The third-order valence-electron chi connectivity index (χ3n) is 3.26. The highest BCUT2D eigenvalue weighted by molar-refractivity contribution is 5.14. The molecule has 88 valence electrons. The molecule has 1 aromatic rings. The molecular formula is C13H20N2O. The second-order valence-corrected chi connectivity index (χ2v) is 4.73. The molecule has 0 amide bonds. The van der Waals surface area contributed by atoms with E-state index in [1.54, 1.807) is 0 Å². The minimum absolute atomic E-state index is 0.359. The van der Waals surface area contributed by atoms with Gasteiger partial charge < -0.3 is 10.8 Å². The van der Waals surface area contributed by atoms with Crippen LogP contribution in [0.2, 0.25) is 0 Å². The third kappa shape index (κ3) is 2.82. The smallest absolute Gasteiger partial charge is 0.0896 e. The van der Waals surface area contributed by atoms with Crippen LogP contribution >= 0.6 is 0 Å². The monoisotopic (exact) mass is 220 g/mol. The van der Waals surface area contributed by atoms with E-state index in [4.69, 9.17) is 5.73 Å². The van der Waals surface area contributed by atoms with Gasteiger partial charge in [-0.05, 0) is 24.9 Å². The van der Waals surface area contributed by atoms with Crippen LogP contribution < -0.4 is 5.73 Å². The molecule has 16 heavy (non-hydrogen) atoms. The molecule has 0 radical (unpaired) electrons. The first-order chi connectivity index (χ1) is 7.72. The largest absolute Gasteiger partial charge is 0.387 e. The molecule has 1 heterocycles. The Labute approximate surface area is 96.9 Å². The van der Waals surface area contributed by atoms with Gasteiger partial charge in [0.05, 0.1) is 5.60 Å². The van der Waals surface area contributed by atoms with Crippen LogP contribution in [0.3, 0.4) is 0 Å². The molecule has 1 atom stereocenters. The SMILES string of the molecule is NC[C@@]1(O)CCCN(Cc2ccccc2)C1. The standard InChI is InChI=1S/C13H20N2O/c14-10-13(16)7-4-8-15(11-13)9-12-5-2-1-3-6-12/h1-3,5-6,16H,4,7-11,14H2/t13-/m0/s1. The Hall–Kier alpha value is -0.900. The molecule has 3 nitrogen and oxygen atoms in total. The molecule has 3 heteroatoms. The first-order valence-corrected chi connectivity index (χ1v) is 5.91. The van der Waals surface area contributed by atoms with Crippen molar-refractivity contribution in [1.82, 2.24) is 4.90 Å². The lowest BCUT2D eigenvalue weighted by Crippen LogP contribution is -2.52. The Balaban J connectivity index is 1.96. The molecule has 1 saturated heterocycles. The lowest BCUT2D eigenvalue weighted by atomic mass is 9.93. The van der Waals surface area contributed by atoms with Gasteiger partial charge in [0.15, 0.2) is 0 Å². The summed E-state index contributed by atoms with van der Waals surface area (Å²) >= 11 is 0. The van der Waals surface area contributed by atoms with E-state index in [-0.39, 0.29) is 0 Å². The highest BCUT2D eigenvalue weighted by Gasteiger charge is 2.31. The topological polar surface area (TPSA) is 49.5 Å². The number of likely N-dealkylation sites (tertiary alicyclic amines) is 1. The summed E-state index contributed by atoms with van der Waals surface area (Å²) in [7, 11) is 0. The number of aliphatic hydroxyl groups is 1. The van der Waals surface area contributed by atoms with Crippen LogP contribution in [0.25, 0.3) is 0 Å². The summed E-state index contributed by atoms with van der Waals surface area (Å²) in [5.74, 6) is 0. The van der Waals surface area contributed by atoms with Crippen molar-refractivity contribution in [2.75, 3.05) is 19.6 Å². The van der Waals surface area contributed by atoms with Crippen LogP contribution in [-0.2, 0) is 6.54 Å². The van der Waals surface area contributed by atoms with Gasteiger partial charge in [0.25, 0.3) is 0 Å². The van der Waals surface area contributed by atoms with E-state index < -0.39 is 5.60 Å². The molecule has 0 aromatic heterocycles. The number of rotatable bonds is 3. The highest BCUT2D eigenvalue weighted by Crippen LogP contribution is 2.21. The fraction of sp³-hybridized carbons (Fsp3) is 0.538. The quantitative estimate of drug-likeness (QED) is 0.798. The van der Waals surface area contributed by atoms with Gasteiger partial charge in [-0.1, -0.05) is 30.3 Å². The zero-order valence-electron chi connectivity index (χ0n) is 9.60. The van der Waals surface area contributed by atoms with Gasteiger partial charge in [-0.2, -0.15) is 0 Å². The van der Waals surface area contributed by atoms with E-state index in [9.17, 15) is 5.11 Å². The summed E-state index contributed by atoms with van der Waals surface area (Å²) < 4.78 is 0. The zero-order valence-corrected chi connectivity index (χ0v) is 9.60. The molecule has 1 aromatic carbocycles. The van der Waals surface area contributed by atoms with Gasteiger partial charge in [0, 0.05) is 19.6 Å². The molecular weight excluding hydrogens is 200 g/mol. The number of piperidine rings is 1. The Morgan fingerprint density at radius 3 is 2.75 bits per heavy atom. The first kappa shape index (κ1) is 11.6. The van der Waals surface area contributed by atoms with Crippen LogP contribution in [0, 0.1) is 0 Å². The van der Waals surface area contributed by atoms with Crippen LogP contribution in [0.15, 0.2) is 30.3 Å². The maximum atomic E-state index is 10.2. The van der Waals surface area contributed by atoms with E-state index in [0.717, 1.165) is 25.9 Å². The molecule has 0 aliphatic carbocycles. The molecule has 1 aliphatic rings. The molecule has 0 unspecified atom stereocenters. The van der Waals surface area contributed by atoms with Crippen LogP contribution in [0.5, 0.6) is 0 Å². The van der Waals surface area contributed by atoms with Gasteiger partial charge in [0.2, 0.25) is 0 Å². The second-order valence-electron chi connectivity index (χ2n) is 4.73. The normalized spacial score (nSPS) is 26.9. The fourth-order valence-electron chi connectivity index (χ4n) is 2.35. The predicted octanol–water partition coefficient (Wildman–Crippen LogP) is 0.972. The summed E-state index contributed by atoms with van der Waals surface area (Å²) in [6.45, 7) is 3.01. The van der Waals surface area contributed by atoms with Gasteiger partial charge in [-0.15, -0.1) is 0 Å². The van der Waals surface area contributed by atoms with E-state index in [1.165, 1.54) is 5.56 Å². The number of benzene rings is 1. The van der Waals surface area contributed by atoms with Crippen molar-refractivity contribution in [2.24, 2.45) is 5.73 Å². The number of β-amino-alcohol motifs (C(OH)–C–C–N with tert-alkyl or cyclic N) is 1. The molecule has 0 bridgehead atoms. The van der Waals surface area contributed by atoms with Gasteiger partial charge in [-0.3, -0.25) is 4.90 Å². The highest BCUT2D eigenvalue weighted by atomic mass is 16.3. The minimum atomic E-state index is -0.674. The summed E-state index contributed by atoms with van der Waals surface area (Å²) in [5, 5.41) is 10.2. The number of nitrogens with zero attached hydrogens (tertiary/aromatic N) is 1. The zero-order chi connectivity index (χ0) is 11.4. The molecule has 1 aliphatic heterocycles. The van der Waals surface area contributed by atoms with Crippen LogP contribution in [0.1, 0.15) is 18.4 Å². The summed E-state index contributed by atoms with van der Waals surface area (Å²) in [6, 6.07) is 10.4. The summed E-state index contributed by atoms with van der Waals surface area (Å²) in [5.41, 5.74) is 6.24. The molecule has 3 N–H and O–H groups in total. The van der Waals surface area contributed by atoms with Gasteiger partial charge >= 0.3 is 0 Å². The molecule has 1 fully saturated rings. The van der Waals surface area contributed by atoms with E-state index >= 15 is 0 Å². The van der Waals surface area contributed by atoms with Crippen molar-refractivity contribution in [3.8, 4) is 0 Å². The van der Waals surface area contributed by atoms with Crippen molar-refractivity contribution in [3.63, 3.8) is 0 Å². The Bertz CT molecular complexity index is 328. The third-order valence-corrected chi connectivity index (χ3v) is 3.26. The van der Waals surface area contributed by atoms with Crippen LogP contribution in [-0.4, -0.2) is 35.2 Å². The molecule has 2 rings (SSSR count). The van der Waals surface area contributed by atoms with Crippen LogP contribution in [0.4, 0.5) is 0 Å². The van der Waals surface area contributed by atoms with Crippen molar-refractivity contribution in [3.05, 3.63) is 35.9 Å². The van der Waals surface area contributed by atoms with E-state index in [1.807, 2.05) is 6.07 Å². The summed E-state index contributed by atoms with van der Waals surface area (Å²) in [6.07, 6.45) is 1.86. The lowest BCUT2D eigenvalue weighted by molar-refractivity contribution is -0.0257. The van der Waals surface area contributed by atoms with Gasteiger partial charge in [0.1, 0.15) is 0 Å². The predicted molar refractivity (Wildman–Crippen MR) is 65.0 cm³/mol. The molecule has 0 spiro atoms. The number of hydrogen-bond donors (Lipinski definition) is 2. The average Bonchev–Trinajstić information content (AvgIpc) is 2.30. The van der Waals surface area contributed by atoms with Crippen molar-refractivity contribution in [1.29, 1.82) is 0 Å². The number of nitrogens with two attached hydrogens (primary N) is 1. The Morgan fingerprint density at radius 1 is 1.31 bits per heavy atom. The van der Waals surface area contributed by atoms with E-state index in [0.29, 0.717) is 13.1 Å². The number of hydrogen-bond acceptors (Lipinski definition) is 3. The van der Waals surface area contributed by atoms with E-state index in [2.05, 4.69) is 29.2 Å². The van der Waals surface area contributed by atoms with Crippen molar-refractivity contribution < 1.29 is 5.11 Å². The maximum Gasteiger partial charge on any atom is 0.0896 e. The lowest BCUT2D eigenvalue weighted by Gasteiger charge is -2.38. The Morgan fingerprint density at radius 2 is 2.06 bits per heavy atom. The fourth-order valence-corrected chi connectivity index (χ4v) is 2.35. The van der Waals surface area contributed by atoms with Gasteiger partial charge in [-0.25, -0.2) is 0 Å². The second kappa shape index (κ2) is 4.95. The van der Waals surface area contributed by atoms with Crippen molar-refractivity contribution >= 4 is 0 Å². The maximum absolute atomic E-state index is 10.2. The van der Waals surface area contributed by atoms with Crippen molar-refractivity contribution in [2.45, 2.75) is 25.0 Å². The Kier molecular flexibility index (Phi) is 3.59.